The third kappa shape index (κ3) is 4.37. The van der Waals surface area contributed by atoms with Gasteiger partial charge < -0.3 is 26.5 Å². The van der Waals surface area contributed by atoms with Gasteiger partial charge in [-0.05, 0) is 31.0 Å². The molecule has 3 rings (SSSR count). The molecule has 11 heteroatoms. The summed E-state index contributed by atoms with van der Waals surface area (Å²) in [6.45, 7) is 2.72. The SMILES string of the molecule is CCn1c(CNC(=O)c2nc(Cl)c(N)nc2N)nc2ccc(CCC(=O)O)cc21. The predicted octanol–water partition coefficient (Wildman–Crippen LogP) is 1.61. The fourth-order valence-electron chi connectivity index (χ4n) is 2.96. The molecule has 0 spiro atoms. The largest absolute Gasteiger partial charge is 0.481 e. The van der Waals surface area contributed by atoms with Crippen molar-refractivity contribution in [3.8, 4) is 0 Å². The second kappa shape index (κ2) is 8.31. The van der Waals surface area contributed by atoms with E-state index in [9.17, 15) is 9.59 Å². The van der Waals surface area contributed by atoms with E-state index in [1.54, 1.807) is 0 Å². The van der Waals surface area contributed by atoms with Crippen LogP contribution in [0.3, 0.4) is 0 Å². The first kappa shape index (κ1) is 20.3. The third-order valence-electron chi connectivity index (χ3n) is 4.36. The molecule has 3 aromatic rings. The van der Waals surface area contributed by atoms with E-state index in [1.807, 2.05) is 29.7 Å². The molecule has 0 unspecified atom stereocenters. The van der Waals surface area contributed by atoms with Gasteiger partial charge in [0.2, 0.25) is 0 Å². The van der Waals surface area contributed by atoms with Gasteiger partial charge in [0.1, 0.15) is 5.82 Å². The summed E-state index contributed by atoms with van der Waals surface area (Å²) in [6, 6.07) is 5.61. The number of imidazole rings is 1. The summed E-state index contributed by atoms with van der Waals surface area (Å²) in [7, 11) is 0. The van der Waals surface area contributed by atoms with Gasteiger partial charge in [0.05, 0.1) is 17.6 Å². The van der Waals surface area contributed by atoms with Gasteiger partial charge in [-0.3, -0.25) is 9.59 Å². The van der Waals surface area contributed by atoms with Crippen LogP contribution >= 0.6 is 11.6 Å². The van der Waals surface area contributed by atoms with Crippen LogP contribution in [-0.4, -0.2) is 36.5 Å². The molecule has 0 saturated heterocycles. The maximum atomic E-state index is 12.4. The molecule has 2 aromatic heterocycles. The molecule has 152 valence electrons. The standard InChI is InChI=1S/C18H20ClN7O3/c1-2-26-11-7-9(4-6-13(27)28)3-5-10(11)23-12(26)8-22-18(29)14-16(20)25-17(21)15(19)24-14/h3,5,7H,2,4,6,8H2,1H3,(H,22,29)(H,27,28)(H4,20,21,25). The number of aliphatic carboxylic acids is 1. The lowest BCUT2D eigenvalue weighted by Gasteiger charge is -2.09. The number of nitrogens with zero attached hydrogens (tertiary/aromatic N) is 4. The molecule has 0 aliphatic rings. The number of carbonyl (C=O) groups excluding carboxylic acids is 1. The highest BCUT2D eigenvalue weighted by Crippen LogP contribution is 2.20. The third-order valence-corrected chi connectivity index (χ3v) is 4.64. The Balaban J connectivity index is 1.82. The van der Waals surface area contributed by atoms with Crippen molar-refractivity contribution in [1.82, 2.24) is 24.8 Å². The molecular weight excluding hydrogens is 398 g/mol. The Hall–Kier alpha value is -3.40. The molecule has 0 aliphatic carbocycles. The van der Waals surface area contributed by atoms with Crippen LogP contribution in [0.25, 0.3) is 11.0 Å². The van der Waals surface area contributed by atoms with Crippen molar-refractivity contribution < 1.29 is 14.7 Å². The zero-order valence-corrected chi connectivity index (χ0v) is 16.4. The Kier molecular flexibility index (Phi) is 5.83. The molecule has 1 aromatic carbocycles. The number of rotatable bonds is 7. The van der Waals surface area contributed by atoms with Gasteiger partial charge in [-0.1, -0.05) is 17.7 Å². The fourth-order valence-corrected chi connectivity index (χ4v) is 3.09. The van der Waals surface area contributed by atoms with Crippen LogP contribution in [0.5, 0.6) is 0 Å². The summed E-state index contributed by atoms with van der Waals surface area (Å²) in [6.07, 6.45) is 0.489. The molecule has 0 radical (unpaired) electrons. The zero-order chi connectivity index (χ0) is 21.1. The van der Waals surface area contributed by atoms with E-state index < -0.39 is 11.9 Å². The first-order chi connectivity index (χ1) is 13.8. The number of nitrogens with two attached hydrogens (primary N) is 2. The lowest BCUT2D eigenvalue weighted by molar-refractivity contribution is -0.136. The Morgan fingerprint density at radius 3 is 2.66 bits per heavy atom. The number of hydrogen-bond donors (Lipinski definition) is 4. The van der Waals surface area contributed by atoms with Crippen LogP contribution in [0.1, 0.15) is 35.2 Å². The molecule has 2 heterocycles. The van der Waals surface area contributed by atoms with Crippen LogP contribution in [0.15, 0.2) is 18.2 Å². The Bertz CT molecular complexity index is 1100. The minimum absolute atomic E-state index is 0.0489. The second-order valence-electron chi connectivity index (χ2n) is 6.31. The van der Waals surface area contributed by atoms with Gasteiger partial charge in [0, 0.05) is 13.0 Å². The van der Waals surface area contributed by atoms with E-state index in [0.29, 0.717) is 18.8 Å². The van der Waals surface area contributed by atoms with Gasteiger partial charge in [0.25, 0.3) is 5.91 Å². The predicted molar refractivity (Wildman–Crippen MR) is 108 cm³/mol. The van der Waals surface area contributed by atoms with E-state index >= 15 is 0 Å². The molecule has 0 saturated carbocycles. The van der Waals surface area contributed by atoms with Crippen LogP contribution < -0.4 is 16.8 Å². The Labute approximate surface area is 170 Å². The highest BCUT2D eigenvalue weighted by molar-refractivity contribution is 6.31. The summed E-state index contributed by atoms with van der Waals surface area (Å²) in [5.41, 5.74) is 13.7. The summed E-state index contributed by atoms with van der Waals surface area (Å²) >= 11 is 5.82. The van der Waals surface area contributed by atoms with Gasteiger partial charge in [-0.25, -0.2) is 15.0 Å². The molecule has 10 nitrogen and oxygen atoms in total. The van der Waals surface area contributed by atoms with Crippen molar-refractivity contribution in [1.29, 1.82) is 0 Å². The van der Waals surface area contributed by atoms with Crippen LogP contribution in [0, 0.1) is 0 Å². The maximum Gasteiger partial charge on any atom is 0.303 e. The number of halogens is 1. The number of hydrogen-bond acceptors (Lipinski definition) is 7. The quantitative estimate of drug-likeness (QED) is 0.450. The molecule has 0 fully saturated rings. The fraction of sp³-hybridized carbons (Fsp3) is 0.278. The zero-order valence-electron chi connectivity index (χ0n) is 15.6. The summed E-state index contributed by atoms with van der Waals surface area (Å²) in [5, 5.41) is 11.5. The molecule has 0 atom stereocenters. The van der Waals surface area contributed by atoms with E-state index in [0.717, 1.165) is 16.6 Å². The summed E-state index contributed by atoms with van der Waals surface area (Å²) < 4.78 is 1.95. The number of amides is 1. The smallest absolute Gasteiger partial charge is 0.303 e. The van der Waals surface area contributed by atoms with Crippen molar-refractivity contribution >= 4 is 46.1 Å². The minimum Gasteiger partial charge on any atom is -0.481 e. The second-order valence-corrected chi connectivity index (χ2v) is 6.66. The van der Waals surface area contributed by atoms with E-state index in [4.69, 9.17) is 28.2 Å². The molecular formula is C18H20ClN7O3. The number of carboxylic acid groups (broad SMARTS) is 1. The normalized spacial score (nSPS) is 11.0. The lowest BCUT2D eigenvalue weighted by Crippen LogP contribution is -2.27. The van der Waals surface area contributed by atoms with E-state index in [2.05, 4.69) is 20.3 Å². The lowest BCUT2D eigenvalue weighted by atomic mass is 10.1. The first-order valence-corrected chi connectivity index (χ1v) is 9.24. The average molecular weight is 418 g/mol. The van der Waals surface area contributed by atoms with Crippen LogP contribution in [0.4, 0.5) is 11.6 Å². The van der Waals surface area contributed by atoms with Gasteiger partial charge in [-0.15, -0.1) is 0 Å². The number of anilines is 2. The number of aryl methyl sites for hydroxylation is 2. The number of fused-ring (bicyclic) bond motifs is 1. The Morgan fingerprint density at radius 1 is 1.21 bits per heavy atom. The molecule has 0 aliphatic heterocycles. The van der Waals surface area contributed by atoms with Gasteiger partial charge in [0.15, 0.2) is 22.5 Å². The van der Waals surface area contributed by atoms with Gasteiger partial charge >= 0.3 is 5.97 Å². The van der Waals surface area contributed by atoms with Crippen molar-refractivity contribution in [2.24, 2.45) is 0 Å². The van der Waals surface area contributed by atoms with Crippen molar-refractivity contribution in [3.05, 3.63) is 40.4 Å². The average Bonchev–Trinajstić information content (AvgIpc) is 3.03. The summed E-state index contributed by atoms with van der Waals surface area (Å²) in [4.78, 5) is 35.5. The van der Waals surface area contributed by atoms with Crippen molar-refractivity contribution in [2.45, 2.75) is 32.9 Å². The number of carboxylic acids is 1. The minimum atomic E-state index is -0.845. The van der Waals surface area contributed by atoms with Crippen LogP contribution in [-0.2, 0) is 24.3 Å². The molecule has 6 N–H and O–H groups in total. The number of nitrogen functional groups attached to an aromatic ring is 2. The number of benzene rings is 1. The first-order valence-electron chi connectivity index (χ1n) is 8.86. The van der Waals surface area contributed by atoms with E-state index in [1.165, 1.54) is 0 Å². The molecule has 29 heavy (non-hydrogen) atoms. The van der Waals surface area contributed by atoms with Crippen molar-refractivity contribution in [3.63, 3.8) is 0 Å². The molecule has 0 bridgehead atoms. The van der Waals surface area contributed by atoms with Crippen LogP contribution in [0.2, 0.25) is 5.15 Å². The number of carbonyl (C=O) groups is 2. The number of aromatic nitrogens is 4. The van der Waals surface area contributed by atoms with Gasteiger partial charge in [-0.2, -0.15) is 0 Å². The topological polar surface area (TPSA) is 162 Å². The summed E-state index contributed by atoms with van der Waals surface area (Å²) in [5.74, 6) is -0.917. The highest BCUT2D eigenvalue weighted by atomic mass is 35.5. The highest BCUT2D eigenvalue weighted by Gasteiger charge is 2.17. The van der Waals surface area contributed by atoms with Crippen molar-refractivity contribution in [2.75, 3.05) is 11.5 Å². The monoisotopic (exact) mass is 417 g/mol. The molecule has 1 amide bonds. The van der Waals surface area contributed by atoms with E-state index in [-0.39, 0.29) is 35.4 Å². The number of nitrogens with one attached hydrogen (secondary N) is 1. The Morgan fingerprint density at radius 2 is 1.97 bits per heavy atom. The maximum absolute atomic E-state index is 12.4.